The highest BCUT2D eigenvalue weighted by molar-refractivity contribution is 7.91. The monoisotopic (exact) mass is 666 g/mol. The van der Waals surface area contributed by atoms with Crippen molar-refractivity contribution in [3.05, 3.63) is 65.0 Å². The molecule has 1 unspecified atom stereocenters. The Morgan fingerprint density at radius 3 is 2.20 bits per heavy atom. The number of halogens is 7. The highest BCUT2D eigenvalue weighted by Gasteiger charge is 2.61. The third-order valence-corrected chi connectivity index (χ3v) is 9.24. The average molecular weight is 667 g/mol. The van der Waals surface area contributed by atoms with Crippen LogP contribution >= 0.6 is 0 Å². The molecule has 0 spiro atoms. The van der Waals surface area contributed by atoms with Crippen LogP contribution in [0.4, 0.5) is 30.7 Å². The Bertz CT molecular complexity index is 1570. The summed E-state index contributed by atoms with van der Waals surface area (Å²) in [5.41, 5.74) is -5.80. The van der Waals surface area contributed by atoms with Gasteiger partial charge in [-0.05, 0) is 67.5 Å². The summed E-state index contributed by atoms with van der Waals surface area (Å²) in [7, 11) is -2.86. The fourth-order valence-electron chi connectivity index (χ4n) is 4.92. The highest BCUT2D eigenvalue weighted by Crippen LogP contribution is 2.49. The number of amides is 2. The minimum absolute atomic E-state index is 0.0425. The van der Waals surface area contributed by atoms with Gasteiger partial charge in [0.05, 0.1) is 19.0 Å². The van der Waals surface area contributed by atoms with Crippen LogP contribution in [-0.2, 0) is 25.2 Å². The Hall–Kier alpha value is -3.82. The zero-order valence-corrected chi connectivity index (χ0v) is 24.6. The van der Waals surface area contributed by atoms with Crippen molar-refractivity contribution in [1.82, 2.24) is 10.0 Å². The number of hydrogen-bond acceptors (Lipinski definition) is 6. The van der Waals surface area contributed by atoms with Crippen molar-refractivity contribution >= 4 is 27.4 Å². The predicted molar refractivity (Wildman–Crippen MR) is 147 cm³/mol. The minimum Gasteiger partial charge on any atom is -0.497 e. The Morgan fingerprint density at radius 1 is 1.00 bits per heavy atom. The summed E-state index contributed by atoms with van der Waals surface area (Å²) in [6, 6.07) is 7.71. The molecule has 16 heteroatoms. The van der Waals surface area contributed by atoms with Crippen molar-refractivity contribution in [2.75, 3.05) is 13.7 Å². The van der Waals surface area contributed by atoms with Crippen LogP contribution in [0, 0.1) is 5.82 Å². The van der Waals surface area contributed by atoms with Crippen molar-refractivity contribution in [2.45, 2.75) is 68.1 Å². The Morgan fingerprint density at radius 2 is 1.64 bits per heavy atom. The van der Waals surface area contributed by atoms with Crippen molar-refractivity contribution in [3.63, 3.8) is 0 Å². The molecule has 1 heterocycles. The van der Waals surface area contributed by atoms with Crippen molar-refractivity contribution < 1.29 is 58.2 Å². The summed E-state index contributed by atoms with van der Waals surface area (Å²) in [4.78, 5) is 26.5. The number of sulfonamides is 1. The SMILES string of the molecule is COc1ccc(C2=C(C(=O)NS(=O)(=O)C3CC3)C(=O)NC(c3ccc(OCCCCCC(F)(F)F)cc3F)(C(F)(F)F)C2)cc1. The maximum atomic E-state index is 15.5. The number of methoxy groups -OCH3 is 1. The molecule has 0 radical (unpaired) electrons. The molecule has 4 rings (SSSR count). The molecule has 0 aromatic heterocycles. The van der Waals surface area contributed by atoms with E-state index < -0.39 is 80.3 Å². The normalized spacial score (nSPS) is 19.2. The molecule has 2 aliphatic rings. The summed E-state index contributed by atoms with van der Waals surface area (Å²) in [6.45, 7) is -0.121. The van der Waals surface area contributed by atoms with Crippen LogP contribution in [0.1, 0.15) is 56.1 Å². The fourth-order valence-corrected chi connectivity index (χ4v) is 6.21. The first kappa shape index (κ1) is 34.1. The maximum Gasteiger partial charge on any atom is 0.416 e. The Labute approximate surface area is 254 Å². The molecule has 2 N–H and O–H groups in total. The number of carbonyl (C=O) groups is 2. The molecular weight excluding hydrogens is 637 g/mol. The first-order chi connectivity index (χ1) is 21.0. The van der Waals surface area contributed by atoms with Crippen molar-refractivity contribution in [3.8, 4) is 11.5 Å². The molecule has 1 atom stereocenters. The highest BCUT2D eigenvalue weighted by atomic mass is 32.2. The summed E-state index contributed by atoms with van der Waals surface area (Å²) in [5, 5.41) is 0.861. The molecule has 2 aromatic carbocycles. The van der Waals surface area contributed by atoms with Gasteiger partial charge in [0.15, 0.2) is 5.54 Å². The van der Waals surface area contributed by atoms with E-state index in [2.05, 4.69) is 0 Å². The number of nitrogens with one attached hydrogen (secondary N) is 2. The van der Waals surface area contributed by atoms with Gasteiger partial charge in [-0.1, -0.05) is 12.1 Å². The third kappa shape index (κ3) is 7.89. The lowest BCUT2D eigenvalue weighted by molar-refractivity contribution is -0.202. The zero-order chi connectivity index (χ0) is 33.2. The molecule has 0 saturated heterocycles. The summed E-state index contributed by atoms with van der Waals surface area (Å²) >= 11 is 0. The average Bonchev–Trinajstić information content (AvgIpc) is 3.80. The van der Waals surface area contributed by atoms with Gasteiger partial charge in [0.1, 0.15) is 22.9 Å². The second-order valence-electron chi connectivity index (χ2n) is 10.7. The van der Waals surface area contributed by atoms with E-state index in [0.29, 0.717) is 11.8 Å². The van der Waals surface area contributed by atoms with Crippen LogP contribution in [-0.4, -0.2) is 51.6 Å². The molecule has 1 fully saturated rings. The first-order valence-electron chi connectivity index (χ1n) is 13.8. The summed E-state index contributed by atoms with van der Waals surface area (Å²) in [5.74, 6) is -4.32. The van der Waals surface area contributed by atoms with Crippen LogP contribution in [0.25, 0.3) is 5.57 Å². The number of ether oxygens (including phenoxy) is 2. The fraction of sp³-hybridized carbons (Fsp3) is 0.448. The van der Waals surface area contributed by atoms with Crippen LogP contribution in [0.3, 0.4) is 0 Å². The third-order valence-electron chi connectivity index (χ3n) is 7.42. The number of unbranched alkanes of at least 4 members (excludes halogenated alkanes) is 2. The van der Waals surface area contributed by atoms with E-state index in [1.807, 2.05) is 0 Å². The quantitative estimate of drug-likeness (QED) is 0.172. The van der Waals surface area contributed by atoms with E-state index >= 15 is 4.39 Å². The van der Waals surface area contributed by atoms with Gasteiger partial charge >= 0.3 is 12.4 Å². The number of hydrogen-bond donors (Lipinski definition) is 2. The van der Waals surface area contributed by atoms with E-state index in [4.69, 9.17) is 9.47 Å². The molecule has 2 amide bonds. The lowest BCUT2D eigenvalue weighted by Crippen LogP contribution is -2.60. The topological polar surface area (TPSA) is 111 Å². The zero-order valence-electron chi connectivity index (χ0n) is 23.8. The van der Waals surface area contributed by atoms with Gasteiger partial charge < -0.3 is 14.8 Å². The van der Waals surface area contributed by atoms with Gasteiger partial charge in [0, 0.05) is 24.5 Å². The van der Waals surface area contributed by atoms with Gasteiger partial charge in [-0.15, -0.1) is 0 Å². The van der Waals surface area contributed by atoms with E-state index in [0.717, 1.165) is 12.1 Å². The van der Waals surface area contributed by atoms with Crippen LogP contribution in [0.2, 0.25) is 0 Å². The molecule has 1 saturated carbocycles. The van der Waals surface area contributed by atoms with Crippen LogP contribution in [0.15, 0.2) is 48.0 Å². The second kappa shape index (κ2) is 12.9. The molecule has 2 aromatic rings. The molecule has 8 nitrogen and oxygen atoms in total. The van der Waals surface area contributed by atoms with Gasteiger partial charge in [-0.2, -0.15) is 26.3 Å². The van der Waals surface area contributed by atoms with Gasteiger partial charge in [0.25, 0.3) is 11.8 Å². The number of carbonyl (C=O) groups excluding carboxylic acids is 2. The van der Waals surface area contributed by atoms with E-state index in [9.17, 15) is 44.3 Å². The largest absolute Gasteiger partial charge is 0.497 e. The minimum atomic E-state index is -5.33. The molecule has 1 aliphatic heterocycles. The summed E-state index contributed by atoms with van der Waals surface area (Å²) < 4.78 is 134. The smallest absolute Gasteiger partial charge is 0.416 e. The lowest BCUT2D eigenvalue weighted by Gasteiger charge is -2.41. The van der Waals surface area contributed by atoms with Gasteiger partial charge in [-0.3, -0.25) is 9.59 Å². The standard InChI is InChI=1S/C29H29F7N2O6S/c1-43-18-7-5-17(6-8-18)21-16-27(29(34,35)36,37-25(39)24(21)26(40)38-45(41,42)20-10-11-20)22-12-9-19(15-23(22)30)44-14-4-2-3-13-28(31,32)33/h5-9,12,15,20H,2-4,10-11,13-14,16H2,1H3,(H,37,39)(H,38,40). The molecule has 1 aliphatic carbocycles. The lowest BCUT2D eigenvalue weighted by atomic mass is 9.76. The molecular formula is C29H29F7N2O6S. The predicted octanol–water partition coefficient (Wildman–Crippen LogP) is 5.68. The first-order valence-corrected chi connectivity index (χ1v) is 15.3. The second-order valence-corrected chi connectivity index (χ2v) is 12.7. The van der Waals surface area contributed by atoms with E-state index in [1.165, 1.54) is 31.4 Å². The molecule has 45 heavy (non-hydrogen) atoms. The Balaban J connectivity index is 1.68. The maximum absolute atomic E-state index is 15.5. The van der Waals surface area contributed by atoms with Crippen LogP contribution in [0.5, 0.6) is 11.5 Å². The van der Waals surface area contributed by atoms with Crippen LogP contribution < -0.4 is 19.5 Å². The number of benzene rings is 2. The van der Waals surface area contributed by atoms with Crippen molar-refractivity contribution in [1.29, 1.82) is 0 Å². The van der Waals surface area contributed by atoms with Gasteiger partial charge in [-0.25, -0.2) is 17.5 Å². The molecule has 246 valence electrons. The van der Waals surface area contributed by atoms with E-state index in [-0.39, 0.29) is 50.0 Å². The number of alkyl halides is 6. The van der Waals surface area contributed by atoms with Crippen molar-refractivity contribution in [2.24, 2.45) is 0 Å². The van der Waals surface area contributed by atoms with E-state index in [1.54, 1.807) is 10.0 Å². The number of rotatable bonds is 12. The molecule has 0 bridgehead atoms. The summed E-state index contributed by atoms with van der Waals surface area (Å²) in [6.07, 6.45) is -11.1. The Kier molecular flexibility index (Phi) is 9.75. The van der Waals surface area contributed by atoms with Gasteiger partial charge in [0.2, 0.25) is 10.0 Å².